The molecule has 0 saturated carbocycles. The highest BCUT2D eigenvalue weighted by Crippen LogP contribution is 2.09. The third-order valence-corrected chi connectivity index (χ3v) is 3.39. The van der Waals surface area contributed by atoms with Gasteiger partial charge in [0.05, 0.1) is 13.2 Å². The molecular formula is C14H16OS. The summed E-state index contributed by atoms with van der Waals surface area (Å²) < 4.78 is 5.62. The van der Waals surface area contributed by atoms with Crippen LogP contribution in [0, 0.1) is 0 Å². The lowest BCUT2D eigenvalue weighted by Crippen LogP contribution is -2.01. The van der Waals surface area contributed by atoms with Crippen LogP contribution in [0.4, 0.5) is 0 Å². The first-order valence-corrected chi connectivity index (χ1v) is 6.47. The van der Waals surface area contributed by atoms with Crippen LogP contribution in [0.5, 0.6) is 0 Å². The summed E-state index contributed by atoms with van der Waals surface area (Å²) in [5.41, 5.74) is 1.35. The van der Waals surface area contributed by atoms with Crippen molar-refractivity contribution in [2.75, 3.05) is 13.2 Å². The van der Waals surface area contributed by atoms with Gasteiger partial charge in [-0.25, -0.2) is 0 Å². The molecule has 1 nitrogen and oxygen atoms in total. The average molecular weight is 232 g/mol. The molecule has 0 aliphatic heterocycles. The van der Waals surface area contributed by atoms with Gasteiger partial charge in [0, 0.05) is 11.3 Å². The minimum Gasteiger partial charge on any atom is -0.381 e. The Morgan fingerprint density at radius 1 is 0.875 bits per heavy atom. The Morgan fingerprint density at radius 3 is 2.44 bits per heavy atom. The zero-order valence-electron chi connectivity index (χ0n) is 9.26. The van der Waals surface area contributed by atoms with Gasteiger partial charge in [0.2, 0.25) is 0 Å². The normalized spacial score (nSPS) is 10.5. The summed E-state index contributed by atoms with van der Waals surface area (Å²) in [5, 5.41) is 2.11. The molecule has 1 aromatic carbocycles. The molecule has 0 aliphatic carbocycles. The molecule has 1 heterocycles. The summed E-state index contributed by atoms with van der Waals surface area (Å²) >= 11 is 1.80. The van der Waals surface area contributed by atoms with E-state index in [-0.39, 0.29) is 0 Å². The monoisotopic (exact) mass is 232 g/mol. The van der Waals surface area contributed by atoms with Gasteiger partial charge < -0.3 is 4.74 Å². The van der Waals surface area contributed by atoms with E-state index in [1.165, 1.54) is 10.4 Å². The lowest BCUT2D eigenvalue weighted by molar-refractivity contribution is 0.141. The molecule has 0 N–H and O–H groups in total. The zero-order chi connectivity index (χ0) is 11.1. The third-order valence-electron chi connectivity index (χ3n) is 2.45. The van der Waals surface area contributed by atoms with Crippen LogP contribution >= 0.6 is 11.3 Å². The van der Waals surface area contributed by atoms with Crippen LogP contribution in [0.1, 0.15) is 10.4 Å². The Morgan fingerprint density at radius 2 is 1.69 bits per heavy atom. The van der Waals surface area contributed by atoms with Gasteiger partial charge in [0.1, 0.15) is 0 Å². The maximum Gasteiger partial charge on any atom is 0.0514 e. The Labute approximate surface area is 101 Å². The molecule has 1 aromatic heterocycles. The molecule has 2 aromatic rings. The first kappa shape index (κ1) is 11.4. The van der Waals surface area contributed by atoms with Crippen molar-refractivity contribution in [3.63, 3.8) is 0 Å². The molecule has 0 aliphatic rings. The lowest BCUT2D eigenvalue weighted by atomic mass is 10.2. The van der Waals surface area contributed by atoms with Gasteiger partial charge in [-0.1, -0.05) is 36.4 Å². The maximum absolute atomic E-state index is 5.62. The molecule has 0 radical (unpaired) electrons. The maximum atomic E-state index is 5.62. The highest BCUT2D eigenvalue weighted by Gasteiger charge is 1.95. The molecule has 0 fully saturated rings. The number of benzene rings is 1. The van der Waals surface area contributed by atoms with Crippen molar-refractivity contribution >= 4 is 11.3 Å². The molecule has 2 rings (SSSR count). The van der Waals surface area contributed by atoms with E-state index in [0.717, 1.165) is 26.1 Å². The fourth-order valence-corrected chi connectivity index (χ4v) is 2.25. The van der Waals surface area contributed by atoms with Crippen LogP contribution in [-0.2, 0) is 17.6 Å². The van der Waals surface area contributed by atoms with Crippen molar-refractivity contribution in [3.05, 3.63) is 58.3 Å². The van der Waals surface area contributed by atoms with Gasteiger partial charge in [-0.2, -0.15) is 0 Å². The number of rotatable bonds is 6. The highest BCUT2D eigenvalue weighted by atomic mass is 32.1. The summed E-state index contributed by atoms with van der Waals surface area (Å²) in [4.78, 5) is 1.40. The van der Waals surface area contributed by atoms with E-state index in [4.69, 9.17) is 4.74 Å². The lowest BCUT2D eigenvalue weighted by Gasteiger charge is -2.03. The fourth-order valence-electron chi connectivity index (χ4n) is 1.56. The second-order valence-electron chi connectivity index (χ2n) is 3.68. The summed E-state index contributed by atoms with van der Waals surface area (Å²) in [6.07, 6.45) is 2.04. The molecule has 16 heavy (non-hydrogen) atoms. The van der Waals surface area contributed by atoms with Crippen LogP contribution in [-0.4, -0.2) is 13.2 Å². The molecular weight excluding hydrogens is 216 g/mol. The first-order chi connectivity index (χ1) is 7.95. The largest absolute Gasteiger partial charge is 0.381 e. The fraction of sp³-hybridized carbons (Fsp3) is 0.286. The van der Waals surface area contributed by atoms with E-state index in [9.17, 15) is 0 Å². The van der Waals surface area contributed by atoms with Crippen molar-refractivity contribution in [1.29, 1.82) is 0 Å². The Bertz CT molecular complexity index is 380. The van der Waals surface area contributed by atoms with Crippen molar-refractivity contribution in [2.45, 2.75) is 12.8 Å². The standard InChI is InChI=1S/C14H16OS/c1-2-5-13(6-3-1)8-10-15-11-9-14-7-4-12-16-14/h1-7,12H,8-11H2. The van der Waals surface area contributed by atoms with Crippen molar-refractivity contribution in [2.24, 2.45) is 0 Å². The van der Waals surface area contributed by atoms with Crippen LogP contribution < -0.4 is 0 Å². The Hall–Kier alpha value is -1.12. The number of thiophene rings is 1. The van der Waals surface area contributed by atoms with E-state index < -0.39 is 0 Å². The van der Waals surface area contributed by atoms with Crippen molar-refractivity contribution < 1.29 is 4.74 Å². The quantitative estimate of drug-likeness (QED) is 0.692. The summed E-state index contributed by atoms with van der Waals surface area (Å²) in [6, 6.07) is 14.7. The highest BCUT2D eigenvalue weighted by molar-refractivity contribution is 7.09. The van der Waals surface area contributed by atoms with Gasteiger partial charge in [0.25, 0.3) is 0 Å². The first-order valence-electron chi connectivity index (χ1n) is 5.59. The molecule has 0 atom stereocenters. The van der Waals surface area contributed by atoms with E-state index in [1.807, 2.05) is 6.07 Å². The topological polar surface area (TPSA) is 9.23 Å². The average Bonchev–Trinajstić information content (AvgIpc) is 2.83. The van der Waals surface area contributed by atoms with Crippen LogP contribution in [0.25, 0.3) is 0 Å². The van der Waals surface area contributed by atoms with Gasteiger partial charge in [-0.15, -0.1) is 11.3 Å². The van der Waals surface area contributed by atoms with Crippen LogP contribution in [0.15, 0.2) is 47.8 Å². The smallest absolute Gasteiger partial charge is 0.0514 e. The van der Waals surface area contributed by atoms with E-state index in [0.29, 0.717) is 0 Å². The predicted octanol–water partition coefficient (Wildman–Crippen LogP) is 3.55. The summed E-state index contributed by atoms with van der Waals surface area (Å²) in [6.45, 7) is 1.64. The summed E-state index contributed by atoms with van der Waals surface area (Å²) in [7, 11) is 0. The van der Waals surface area contributed by atoms with Gasteiger partial charge in [0.15, 0.2) is 0 Å². The zero-order valence-corrected chi connectivity index (χ0v) is 10.1. The van der Waals surface area contributed by atoms with E-state index >= 15 is 0 Å². The second kappa shape index (κ2) is 6.46. The van der Waals surface area contributed by atoms with Crippen LogP contribution in [0.3, 0.4) is 0 Å². The molecule has 0 bridgehead atoms. The summed E-state index contributed by atoms with van der Waals surface area (Å²) in [5.74, 6) is 0. The Balaban J connectivity index is 1.59. The van der Waals surface area contributed by atoms with Gasteiger partial charge in [-0.05, 0) is 23.4 Å². The van der Waals surface area contributed by atoms with E-state index in [1.54, 1.807) is 11.3 Å². The molecule has 0 spiro atoms. The SMILES string of the molecule is c1ccc(CCOCCc2cccs2)cc1. The number of ether oxygens (including phenoxy) is 1. The molecule has 0 unspecified atom stereocenters. The molecule has 2 heteroatoms. The number of hydrogen-bond acceptors (Lipinski definition) is 2. The van der Waals surface area contributed by atoms with Crippen LogP contribution in [0.2, 0.25) is 0 Å². The molecule has 0 saturated heterocycles. The van der Waals surface area contributed by atoms with Crippen molar-refractivity contribution in [3.8, 4) is 0 Å². The minimum absolute atomic E-state index is 0.815. The second-order valence-corrected chi connectivity index (χ2v) is 4.71. The van der Waals surface area contributed by atoms with Gasteiger partial charge >= 0.3 is 0 Å². The van der Waals surface area contributed by atoms with Crippen molar-refractivity contribution in [1.82, 2.24) is 0 Å². The van der Waals surface area contributed by atoms with Gasteiger partial charge in [-0.3, -0.25) is 0 Å². The molecule has 0 amide bonds. The Kier molecular flexibility index (Phi) is 4.59. The predicted molar refractivity (Wildman–Crippen MR) is 69.0 cm³/mol. The molecule has 84 valence electrons. The third kappa shape index (κ3) is 3.80. The minimum atomic E-state index is 0.815. The number of hydrogen-bond donors (Lipinski definition) is 0. The van der Waals surface area contributed by atoms with E-state index in [2.05, 4.69) is 41.8 Å².